The number of hydrogen-bond donors (Lipinski definition) is 3. The summed E-state index contributed by atoms with van der Waals surface area (Å²) in [7, 11) is 0. The van der Waals surface area contributed by atoms with Gasteiger partial charge in [-0.1, -0.05) is 6.92 Å². The highest BCUT2D eigenvalue weighted by atomic mass is 19.1. The van der Waals surface area contributed by atoms with Gasteiger partial charge >= 0.3 is 0 Å². The third kappa shape index (κ3) is 6.49. The fourth-order valence-corrected chi connectivity index (χ4v) is 4.39. The van der Waals surface area contributed by atoms with Crippen molar-refractivity contribution < 1.29 is 9.13 Å². The fraction of sp³-hybridized carbons (Fsp3) is 0.385. The summed E-state index contributed by atoms with van der Waals surface area (Å²) < 4.78 is 19.5. The number of morpholine rings is 1. The first-order chi connectivity index (χ1) is 18.0. The number of hydrazone groups is 1. The maximum absolute atomic E-state index is 14.2. The van der Waals surface area contributed by atoms with Crippen LogP contribution in [0.3, 0.4) is 0 Å². The largest absolute Gasteiger partial charge is 0.378 e. The first-order valence-corrected chi connectivity index (χ1v) is 12.5. The lowest BCUT2D eigenvalue weighted by molar-refractivity contribution is 0.122. The zero-order valence-corrected chi connectivity index (χ0v) is 21.1. The van der Waals surface area contributed by atoms with Crippen LogP contribution in [0.2, 0.25) is 0 Å². The summed E-state index contributed by atoms with van der Waals surface area (Å²) >= 11 is 0. The Bertz CT molecular complexity index is 1230. The summed E-state index contributed by atoms with van der Waals surface area (Å²) in [6.45, 7) is 8.61. The number of rotatable bonds is 7. The van der Waals surface area contributed by atoms with Crippen molar-refractivity contribution in [3.05, 3.63) is 59.8 Å². The smallest absolute Gasteiger partial charge is 0.245 e. The number of benzene rings is 1. The lowest BCUT2D eigenvalue weighted by Crippen LogP contribution is -2.46. The highest BCUT2D eigenvalue weighted by Gasteiger charge is 2.18. The van der Waals surface area contributed by atoms with Crippen molar-refractivity contribution in [2.45, 2.75) is 20.3 Å². The summed E-state index contributed by atoms with van der Waals surface area (Å²) in [6, 6.07) is 10.3. The lowest BCUT2D eigenvalue weighted by Gasteiger charge is -2.34. The van der Waals surface area contributed by atoms with E-state index in [-0.39, 0.29) is 11.8 Å². The van der Waals surface area contributed by atoms with Gasteiger partial charge in [-0.25, -0.2) is 20.2 Å². The monoisotopic (exact) mass is 505 g/mol. The molecule has 11 heteroatoms. The molecule has 2 aliphatic rings. The molecule has 3 N–H and O–H groups in total. The van der Waals surface area contributed by atoms with E-state index in [1.807, 2.05) is 17.0 Å². The van der Waals surface area contributed by atoms with E-state index in [1.165, 1.54) is 12.0 Å². The van der Waals surface area contributed by atoms with Crippen molar-refractivity contribution in [3.8, 4) is 0 Å². The van der Waals surface area contributed by atoms with E-state index < -0.39 is 5.82 Å². The van der Waals surface area contributed by atoms with Crippen molar-refractivity contribution in [2.75, 3.05) is 60.0 Å². The molecule has 0 radical (unpaired) electrons. The van der Waals surface area contributed by atoms with Gasteiger partial charge in [0.25, 0.3) is 0 Å². The first kappa shape index (κ1) is 24.8. The Kier molecular flexibility index (Phi) is 7.71. The van der Waals surface area contributed by atoms with Gasteiger partial charge in [0.2, 0.25) is 5.95 Å². The number of hydrogen-bond acceptors (Lipinski definition) is 10. The van der Waals surface area contributed by atoms with Crippen LogP contribution in [0, 0.1) is 18.7 Å². The standard InChI is InChI=1S/C26H32FN9O/c1-18-5-6-31-36(17-18)23-12-19(2)11-22(13-23)32-21-4-3-20(28-14-21)15-30-34-26-29-16-24(27)25(33-26)35-7-9-37-10-8-35/h3-4,11-16,18,31-32H,5-10,17H2,1-2H3,(H,29,33,34)/b30-15+. The van der Waals surface area contributed by atoms with Crippen LogP contribution in [0.4, 0.5) is 33.2 Å². The predicted molar refractivity (Wildman–Crippen MR) is 144 cm³/mol. The number of hydrazine groups is 1. The molecule has 1 atom stereocenters. The Morgan fingerprint density at radius 1 is 1.14 bits per heavy atom. The van der Waals surface area contributed by atoms with Crippen LogP contribution in [0.1, 0.15) is 24.6 Å². The molecule has 194 valence electrons. The van der Waals surface area contributed by atoms with Crippen molar-refractivity contribution in [1.29, 1.82) is 0 Å². The molecule has 0 saturated carbocycles. The van der Waals surface area contributed by atoms with Crippen LogP contribution in [0.5, 0.6) is 0 Å². The van der Waals surface area contributed by atoms with Crippen molar-refractivity contribution >= 4 is 35.0 Å². The van der Waals surface area contributed by atoms with E-state index in [0.29, 0.717) is 37.9 Å². The van der Waals surface area contributed by atoms with E-state index in [1.54, 1.807) is 12.4 Å². The van der Waals surface area contributed by atoms with E-state index in [4.69, 9.17) is 4.74 Å². The molecule has 0 bridgehead atoms. The SMILES string of the molecule is Cc1cc(Nc2ccc(/C=N/Nc3ncc(F)c(N4CCOCC4)n3)nc2)cc(N2CC(C)CCN2)c1. The highest BCUT2D eigenvalue weighted by molar-refractivity contribution is 5.78. The van der Waals surface area contributed by atoms with Crippen LogP contribution >= 0.6 is 0 Å². The maximum atomic E-state index is 14.2. The molecule has 37 heavy (non-hydrogen) atoms. The minimum absolute atomic E-state index is 0.213. The van der Waals surface area contributed by atoms with Gasteiger partial charge in [-0.2, -0.15) is 10.1 Å². The third-order valence-electron chi connectivity index (χ3n) is 6.28. The van der Waals surface area contributed by atoms with Gasteiger partial charge in [-0.05, 0) is 55.2 Å². The molecule has 0 amide bonds. The second kappa shape index (κ2) is 11.5. The van der Waals surface area contributed by atoms with Crippen molar-refractivity contribution in [2.24, 2.45) is 11.0 Å². The molecule has 2 aliphatic heterocycles. The summed E-state index contributed by atoms with van der Waals surface area (Å²) in [5.74, 6) is 0.649. The zero-order valence-electron chi connectivity index (χ0n) is 21.1. The number of pyridine rings is 1. The minimum Gasteiger partial charge on any atom is -0.378 e. The highest BCUT2D eigenvalue weighted by Crippen LogP contribution is 2.26. The van der Waals surface area contributed by atoms with Crippen LogP contribution in [0.15, 0.2) is 47.8 Å². The third-order valence-corrected chi connectivity index (χ3v) is 6.28. The van der Waals surface area contributed by atoms with Gasteiger partial charge in [0.1, 0.15) is 0 Å². The molecule has 10 nitrogen and oxygen atoms in total. The number of aryl methyl sites for hydroxylation is 1. The van der Waals surface area contributed by atoms with Gasteiger partial charge in [0, 0.05) is 31.9 Å². The molecule has 1 aromatic carbocycles. The van der Waals surface area contributed by atoms with Crippen molar-refractivity contribution in [3.63, 3.8) is 0 Å². The number of ether oxygens (including phenoxy) is 1. The molecular weight excluding hydrogens is 473 g/mol. The van der Waals surface area contributed by atoms with Crippen LogP contribution < -0.4 is 26.1 Å². The van der Waals surface area contributed by atoms with Crippen LogP contribution in [-0.2, 0) is 4.74 Å². The average molecular weight is 506 g/mol. The number of aromatic nitrogens is 3. The zero-order chi connectivity index (χ0) is 25.6. The molecule has 2 fully saturated rings. The Morgan fingerprint density at radius 2 is 2.00 bits per heavy atom. The van der Waals surface area contributed by atoms with Gasteiger partial charge in [-0.15, -0.1) is 0 Å². The number of nitrogens with one attached hydrogen (secondary N) is 3. The van der Waals surface area contributed by atoms with Gasteiger partial charge in [-0.3, -0.25) is 4.98 Å². The fourth-order valence-electron chi connectivity index (χ4n) is 4.39. The molecular formula is C26H32FN9O. The number of anilines is 5. The van der Waals surface area contributed by atoms with Crippen LogP contribution in [-0.4, -0.2) is 60.6 Å². The van der Waals surface area contributed by atoms with Gasteiger partial charge in [0.15, 0.2) is 11.6 Å². The molecule has 2 saturated heterocycles. The average Bonchev–Trinajstić information content (AvgIpc) is 2.91. The quantitative estimate of drug-likeness (QED) is 0.328. The summed E-state index contributed by atoms with van der Waals surface area (Å²) in [5.41, 5.74) is 11.1. The van der Waals surface area contributed by atoms with Crippen LogP contribution in [0.25, 0.3) is 0 Å². The summed E-state index contributed by atoms with van der Waals surface area (Å²) in [5, 5.41) is 9.83. The second-order valence-corrected chi connectivity index (χ2v) is 9.40. The summed E-state index contributed by atoms with van der Waals surface area (Å²) in [6.07, 6.45) is 5.66. The molecule has 2 aromatic heterocycles. The molecule has 1 unspecified atom stereocenters. The topological polar surface area (TPSA) is 103 Å². The molecule has 0 spiro atoms. The minimum atomic E-state index is -0.469. The molecule has 0 aliphatic carbocycles. The van der Waals surface area contributed by atoms with Crippen molar-refractivity contribution in [1.82, 2.24) is 20.4 Å². The second-order valence-electron chi connectivity index (χ2n) is 9.40. The first-order valence-electron chi connectivity index (χ1n) is 12.5. The van der Waals surface area contributed by atoms with E-state index in [0.717, 1.165) is 36.3 Å². The van der Waals surface area contributed by atoms with E-state index in [2.05, 4.69) is 73.3 Å². The van der Waals surface area contributed by atoms with Gasteiger partial charge in [0.05, 0.1) is 48.9 Å². The maximum Gasteiger partial charge on any atom is 0.245 e. The Labute approximate surface area is 215 Å². The summed E-state index contributed by atoms with van der Waals surface area (Å²) in [4.78, 5) is 14.5. The Morgan fingerprint density at radius 3 is 2.78 bits per heavy atom. The predicted octanol–water partition coefficient (Wildman–Crippen LogP) is 3.70. The molecule has 5 rings (SSSR count). The lowest BCUT2D eigenvalue weighted by atomic mass is 10.1. The normalized spacial score (nSPS) is 18.3. The Balaban J connectivity index is 1.20. The Hall–Kier alpha value is -3.83. The number of nitrogens with zero attached hydrogens (tertiary/aromatic N) is 6. The number of halogens is 1. The van der Waals surface area contributed by atoms with E-state index >= 15 is 0 Å². The van der Waals surface area contributed by atoms with E-state index in [9.17, 15) is 4.39 Å². The van der Waals surface area contributed by atoms with Gasteiger partial charge < -0.3 is 20.0 Å². The molecule has 4 heterocycles. The molecule has 3 aromatic rings.